The van der Waals surface area contributed by atoms with Gasteiger partial charge in [-0.2, -0.15) is 0 Å². The minimum atomic E-state index is -0.558. The molecule has 1 aromatic rings. The summed E-state index contributed by atoms with van der Waals surface area (Å²) in [6, 6.07) is 4.95. The van der Waals surface area contributed by atoms with Crippen LogP contribution in [-0.2, 0) is 0 Å². The smallest absolute Gasteiger partial charge is 0.292 e. The largest absolute Gasteiger partial charge is 0.393 e. The summed E-state index contributed by atoms with van der Waals surface area (Å²) in [4.78, 5) is 26.9. The number of carbonyl (C=O) groups excluding carboxylic acids is 1. The Morgan fingerprint density at radius 1 is 1.24 bits per heavy atom. The van der Waals surface area contributed by atoms with Crippen LogP contribution in [0.15, 0.2) is 18.2 Å². The highest BCUT2D eigenvalue weighted by Gasteiger charge is 2.32. The van der Waals surface area contributed by atoms with E-state index in [-0.39, 0.29) is 17.3 Å². The molecule has 0 spiro atoms. The maximum Gasteiger partial charge on any atom is 0.292 e. The Bertz CT molecular complexity index is 578. The van der Waals surface area contributed by atoms with Gasteiger partial charge in [-0.15, -0.1) is 0 Å². The molecule has 0 bridgehead atoms. The minimum absolute atomic E-state index is 0.0788. The first-order chi connectivity index (χ1) is 10.1. The molecule has 7 nitrogen and oxygen atoms in total. The molecular weight excluding hydrogens is 272 g/mol. The van der Waals surface area contributed by atoms with Gasteiger partial charge in [-0.05, 0) is 25.0 Å². The summed E-state index contributed by atoms with van der Waals surface area (Å²) < 4.78 is 0. The maximum absolute atomic E-state index is 12.4. The van der Waals surface area contributed by atoms with Gasteiger partial charge < -0.3 is 10.6 Å². The van der Waals surface area contributed by atoms with Gasteiger partial charge in [0.15, 0.2) is 0 Å². The summed E-state index contributed by atoms with van der Waals surface area (Å²) in [6.07, 6.45) is 2.52. The van der Waals surface area contributed by atoms with Gasteiger partial charge in [0, 0.05) is 43.9 Å². The van der Waals surface area contributed by atoms with Gasteiger partial charge in [0.25, 0.3) is 11.6 Å². The van der Waals surface area contributed by atoms with Crippen molar-refractivity contribution in [2.45, 2.75) is 18.9 Å². The van der Waals surface area contributed by atoms with E-state index in [4.69, 9.17) is 5.73 Å². The Kier molecular flexibility index (Phi) is 3.50. The number of nitrogens with zero attached hydrogens (tertiary/aromatic N) is 3. The molecule has 112 valence electrons. The number of rotatable bonds is 3. The molecular formula is C14H18N4O3. The molecule has 1 aliphatic carbocycles. The van der Waals surface area contributed by atoms with Gasteiger partial charge in [-0.25, -0.2) is 0 Å². The van der Waals surface area contributed by atoms with Crippen molar-refractivity contribution in [3.63, 3.8) is 0 Å². The molecule has 1 amide bonds. The summed E-state index contributed by atoms with van der Waals surface area (Å²) in [7, 11) is 0. The van der Waals surface area contributed by atoms with E-state index in [0.717, 1.165) is 13.1 Å². The summed E-state index contributed by atoms with van der Waals surface area (Å²) in [5.74, 6) is -0.159. The maximum atomic E-state index is 12.4. The van der Waals surface area contributed by atoms with Crippen molar-refractivity contribution < 1.29 is 9.72 Å². The molecule has 1 saturated carbocycles. The van der Waals surface area contributed by atoms with Crippen molar-refractivity contribution >= 4 is 17.3 Å². The average molecular weight is 290 g/mol. The Balaban J connectivity index is 1.70. The van der Waals surface area contributed by atoms with Crippen molar-refractivity contribution in [2.75, 3.05) is 31.9 Å². The van der Waals surface area contributed by atoms with Crippen LogP contribution in [0.5, 0.6) is 0 Å². The summed E-state index contributed by atoms with van der Waals surface area (Å²) in [5.41, 5.74) is 5.75. The Labute approximate surface area is 122 Å². The Morgan fingerprint density at radius 3 is 2.48 bits per heavy atom. The molecule has 7 heteroatoms. The number of benzene rings is 1. The van der Waals surface area contributed by atoms with Crippen molar-refractivity contribution in [1.29, 1.82) is 0 Å². The standard InChI is InChI=1S/C14H18N4O3/c15-12-4-1-10(9-13(12)18(20)21)14(19)17-7-5-16(6-8-17)11-2-3-11/h1,4,9,11H,2-3,5-8,15H2. The number of piperazine rings is 1. The third-order valence-corrected chi connectivity index (χ3v) is 4.14. The molecule has 21 heavy (non-hydrogen) atoms. The van der Waals surface area contributed by atoms with Crippen molar-refractivity contribution in [3.05, 3.63) is 33.9 Å². The highest BCUT2D eigenvalue weighted by atomic mass is 16.6. The van der Waals surface area contributed by atoms with Gasteiger partial charge in [0.2, 0.25) is 0 Å². The van der Waals surface area contributed by atoms with Gasteiger partial charge >= 0.3 is 0 Å². The van der Waals surface area contributed by atoms with Crippen LogP contribution in [0.25, 0.3) is 0 Å². The van der Waals surface area contributed by atoms with E-state index in [9.17, 15) is 14.9 Å². The number of nitro groups is 1. The van der Waals surface area contributed by atoms with E-state index in [1.807, 2.05) is 0 Å². The molecule has 1 aromatic carbocycles. The normalized spacial score (nSPS) is 19.5. The van der Waals surface area contributed by atoms with Gasteiger partial charge in [0.1, 0.15) is 5.69 Å². The van der Waals surface area contributed by atoms with E-state index < -0.39 is 4.92 Å². The molecule has 0 atom stereocenters. The first kappa shape index (κ1) is 13.8. The van der Waals surface area contributed by atoms with Crippen molar-refractivity contribution in [2.24, 2.45) is 0 Å². The number of nitrogens with two attached hydrogens (primary N) is 1. The lowest BCUT2D eigenvalue weighted by Gasteiger charge is -2.34. The topological polar surface area (TPSA) is 92.7 Å². The van der Waals surface area contributed by atoms with Crippen LogP contribution in [0.2, 0.25) is 0 Å². The first-order valence-electron chi connectivity index (χ1n) is 7.13. The molecule has 1 aliphatic heterocycles. The van der Waals surface area contributed by atoms with E-state index >= 15 is 0 Å². The summed E-state index contributed by atoms with van der Waals surface area (Å²) in [5, 5.41) is 10.9. The molecule has 0 aromatic heterocycles. The number of carbonyl (C=O) groups is 1. The minimum Gasteiger partial charge on any atom is -0.393 e. The lowest BCUT2D eigenvalue weighted by atomic mass is 10.1. The van der Waals surface area contributed by atoms with E-state index in [1.54, 1.807) is 11.0 Å². The predicted molar refractivity (Wildman–Crippen MR) is 78.0 cm³/mol. The third kappa shape index (κ3) is 2.82. The lowest BCUT2D eigenvalue weighted by Crippen LogP contribution is -2.49. The molecule has 1 saturated heterocycles. The summed E-state index contributed by atoms with van der Waals surface area (Å²) >= 11 is 0. The zero-order chi connectivity index (χ0) is 15.0. The fourth-order valence-electron chi connectivity index (χ4n) is 2.75. The van der Waals surface area contributed by atoms with E-state index in [0.29, 0.717) is 24.7 Å². The van der Waals surface area contributed by atoms with Crippen LogP contribution in [0.4, 0.5) is 11.4 Å². The Hall–Kier alpha value is -2.15. The van der Waals surface area contributed by atoms with Gasteiger partial charge in [0.05, 0.1) is 4.92 Å². The van der Waals surface area contributed by atoms with Crippen LogP contribution in [0.3, 0.4) is 0 Å². The fourth-order valence-corrected chi connectivity index (χ4v) is 2.75. The predicted octanol–water partition coefficient (Wildman–Crippen LogP) is 1.10. The molecule has 2 fully saturated rings. The molecule has 3 rings (SSSR count). The molecule has 2 aliphatic rings. The van der Waals surface area contributed by atoms with Crippen LogP contribution < -0.4 is 5.73 Å². The molecule has 0 radical (unpaired) electrons. The second-order valence-electron chi connectivity index (χ2n) is 5.59. The molecule has 0 unspecified atom stereocenters. The van der Waals surface area contributed by atoms with Crippen molar-refractivity contribution in [3.8, 4) is 0 Å². The zero-order valence-electron chi connectivity index (χ0n) is 11.7. The fraction of sp³-hybridized carbons (Fsp3) is 0.500. The van der Waals surface area contributed by atoms with Crippen LogP contribution in [0, 0.1) is 10.1 Å². The van der Waals surface area contributed by atoms with Crippen LogP contribution >= 0.6 is 0 Å². The SMILES string of the molecule is Nc1ccc(C(=O)N2CCN(C3CC3)CC2)cc1[N+](=O)[O-]. The number of hydrogen-bond acceptors (Lipinski definition) is 5. The number of hydrogen-bond donors (Lipinski definition) is 1. The van der Waals surface area contributed by atoms with Gasteiger partial charge in [-0.3, -0.25) is 19.8 Å². The second-order valence-corrected chi connectivity index (χ2v) is 5.59. The monoisotopic (exact) mass is 290 g/mol. The number of nitrogen functional groups attached to an aromatic ring is 1. The number of anilines is 1. The van der Waals surface area contributed by atoms with Crippen molar-refractivity contribution in [1.82, 2.24) is 9.80 Å². The van der Waals surface area contributed by atoms with Gasteiger partial charge in [-0.1, -0.05) is 0 Å². The highest BCUT2D eigenvalue weighted by Crippen LogP contribution is 2.28. The zero-order valence-corrected chi connectivity index (χ0v) is 11.7. The molecule has 1 heterocycles. The number of amides is 1. The highest BCUT2D eigenvalue weighted by molar-refractivity contribution is 5.95. The first-order valence-corrected chi connectivity index (χ1v) is 7.13. The lowest BCUT2D eigenvalue weighted by molar-refractivity contribution is -0.383. The van der Waals surface area contributed by atoms with E-state index in [1.165, 1.54) is 25.0 Å². The Morgan fingerprint density at radius 2 is 1.90 bits per heavy atom. The van der Waals surface area contributed by atoms with Crippen LogP contribution in [0.1, 0.15) is 23.2 Å². The van der Waals surface area contributed by atoms with E-state index in [2.05, 4.69) is 4.90 Å². The summed E-state index contributed by atoms with van der Waals surface area (Å²) in [6.45, 7) is 3.11. The molecule has 2 N–H and O–H groups in total. The average Bonchev–Trinajstić information content (AvgIpc) is 3.31. The third-order valence-electron chi connectivity index (χ3n) is 4.14. The quantitative estimate of drug-likeness (QED) is 0.511. The second kappa shape index (κ2) is 5.33. The van der Waals surface area contributed by atoms with Crippen LogP contribution in [-0.4, -0.2) is 52.9 Å². The number of nitro benzene ring substituents is 1.